The lowest BCUT2D eigenvalue weighted by Gasteiger charge is -2.20. The monoisotopic (exact) mass is 994 g/mol. The van der Waals surface area contributed by atoms with Crippen LogP contribution in [0.4, 0.5) is 13.2 Å². The number of nitrogens with zero attached hydrogens (tertiary/aromatic N) is 2. The van der Waals surface area contributed by atoms with Gasteiger partial charge in [-0.15, -0.1) is 10.2 Å². The number of hydrogen-bond acceptors (Lipinski definition) is 8. The number of aromatic nitrogens is 2. The van der Waals surface area contributed by atoms with E-state index >= 15 is 0 Å². The third kappa shape index (κ3) is 26.4. The Hall–Kier alpha value is -0.790. The van der Waals surface area contributed by atoms with Crippen molar-refractivity contribution in [2.75, 3.05) is 14.2 Å². The van der Waals surface area contributed by atoms with E-state index in [0.717, 1.165) is 22.6 Å². The molecule has 17 heteroatoms. The molecule has 0 saturated heterocycles. The quantitative estimate of drug-likeness (QED) is 0.198. The summed E-state index contributed by atoms with van der Waals surface area (Å²) in [5.41, 5.74) is 4.30. The molecule has 2 aromatic carbocycles. The predicted octanol–water partition coefficient (Wildman–Crippen LogP) is 17.6. The molecule has 0 N–H and O–H groups in total. The lowest BCUT2D eigenvalue weighted by molar-refractivity contribution is -0.138. The minimum Gasteiger partial charge on any atom is -0.332 e. The Morgan fingerprint density at radius 1 is 0.831 bits per heavy atom. The van der Waals surface area contributed by atoms with Crippen molar-refractivity contribution in [2.24, 2.45) is 5.92 Å². The molecule has 1 aromatic heterocycles. The van der Waals surface area contributed by atoms with Crippen LogP contribution in [0.3, 0.4) is 0 Å². The molecule has 0 bridgehead atoms. The Labute approximate surface area is 387 Å². The first-order valence-corrected chi connectivity index (χ1v) is 24.0. The second-order valence-electron chi connectivity index (χ2n) is 13.9. The average Bonchev–Trinajstić information content (AvgIpc) is 3.57. The topological polar surface area (TPSA) is 78.4 Å². The number of halogens is 7. The Morgan fingerprint density at radius 2 is 1.31 bits per heavy atom. The number of sulfone groups is 1. The largest absolute Gasteiger partial charge is 0.445 e. The van der Waals surface area contributed by atoms with Crippen LogP contribution >= 0.6 is 64.2 Å². The van der Waals surface area contributed by atoms with Crippen molar-refractivity contribution in [3.8, 4) is 0 Å². The van der Waals surface area contributed by atoms with Crippen molar-refractivity contribution in [1.82, 2.24) is 10.2 Å². The summed E-state index contributed by atoms with van der Waals surface area (Å²) < 4.78 is 70.4. The van der Waals surface area contributed by atoms with E-state index in [2.05, 4.69) is 44.0 Å². The zero-order valence-corrected chi connectivity index (χ0v) is 40.8. The maximum absolute atomic E-state index is 12.0. The van der Waals surface area contributed by atoms with Gasteiger partial charge in [-0.25, -0.2) is 8.42 Å². The van der Waals surface area contributed by atoms with Crippen LogP contribution in [0.2, 0.25) is 10.0 Å². The molecule has 3 aromatic rings. The fraction of sp³-hybridized carbons (Fsp3) is 0.619. The molecule has 348 valence electrons. The van der Waals surface area contributed by atoms with Crippen molar-refractivity contribution in [3.63, 3.8) is 0 Å². The first-order valence-electron chi connectivity index (χ1n) is 17.4. The van der Waals surface area contributed by atoms with Gasteiger partial charge in [0.05, 0.1) is 15.2 Å². The van der Waals surface area contributed by atoms with Crippen LogP contribution in [0.5, 0.6) is 0 Å². The number of benzene rings is 2. The van der Waals surface area contributed by atoms with Crippen molar-refractivity contribution in [1.29, 1.82) is 0 Å². The lowest BCUT2D eigenvalue weighted by atomic mass is 10.0. The van der Waals surface area contributed by atoms with E-state index in [1.165, 1.54) is 5.56 Å². The summed E-state index contributed by atoms with van der Waals surface area (Å²) in [4.78, 5) is 0.268. The fourth-order valence-electron chi connectivity index (χ4n) is 4.21. The number of hydrogen-bond donors (Lipinski definition) is 0. The molecule has 0 unspecified atom stereocenters. The Balaban J connectivity index is -0.000000148. The lowest BCUT2D eigenvalue weighted by Crippen LogP contribution is -2.15. The molecule has 6 nitrogen and oxygen atoms in total. The molecular weight excluding hydrogens is 922 g/mol. The molecule has 0 aliphatic rings. The Bertz CT molecular complexity index is 1750. The van der Waals surface area contributed by atoms with Gasteiger partial charge in [0.15, 0.2) is 16.3 Å². The summed E-state index contributed by atoms with van der Waals surface area (Å²) in [6.07, 6.45) is -3.37. The predicted molar refractivity (Wildman–Crippen MR) is 262 cm³/mol. The third-order valence-corrected chi connectivity index (χ3v) is 16.6. The molecular formula is C42H74Cl4F3N2O4PS3. The van der Waals surface area contributed by atoms with Gasteiger partial charge in [0.1, 0.15) is 9.50 Å². The van der Waals surface area contributed by atoms with Gasteiger partial charge < -0.3 is 9.05 Å². The fourth-order valence-corrected chi connectivity index (χ4v) is 8.38. The first kappa shape index (κ1) is 69.9. The molecule has 1 heterocycles. The summed E-state index contributed by atoms with van der Waals surface area (Å²) >= 11 is 28.6. The Morgan fingerprint density at radius 3 is 1.54 bits per heavy atom. The van der Waals surface area contributed by atoms with Gasteiger partial charge in [-0.3, -0.25) is 0 Å². The van der Waals surface area contributed by atoms with E-state index < -0.39 is 32.8 Å². The number of alkyl halides is 3. The van der Waals surface area contributed by atoms with Crippen LogP contribution < -0.4 is 0 Å². The van der Waals surface area contributed by atoms with Gasteiger partial charge in [0, 0.05) is 30.8 Å². The molecule has 0 radical (unpaired) electrons. The highest BCUT2D eigenvalue weighted by Gasteiger charge is 2.35. The highest BCUT2D eigenvalue weighted by molar-refractivity contribution is 8.10. The van der Waals surface area contributed by atoms with Crippen LogP contribution in [0.25, 0.3) is 0 Å². The van der Waals surface area contributed by atoms with E-state index in [1.54, 1.807) is 54.9 Å². The second-order valence-corrected chi connectivity index (χ2v) is 23.5. The zero-order valence-electron chi connectivity index (χ0n) is 34.4. The number of rotatable bonds is 9. The molecule has 0 fully saturated rings. The summed E-state index contributed by atoms with van der Waals surface area (Å²) in [5.74, 6) is 1.16. The van der Waals surface area contributed by atoms with Gasteiger partial charge >= 0.3 is 6.18 Å². The van der Waals surface area contributed by atoms with Crippen LogP contribution in [-0.2, 0) is 36.9 Å². The van der Waals surface area contributed by atoms with Gasteiger partial charge in [0.25, 0.3) is 0 Å². The molecule has 0 atom stereocenters. The smallest absolute Gasteiger partial charge is 0.332 e. The van der Waals surface area contributed by atoms with E-state index in [4.69, 9.17) is 67.3 Å². The van der Waals surface area contributed by atoms with E-state index in [-0.39, 0.29) is 40.5 Å². The Kier molecular flexibility index (Phi) is 38.9. The maximum Gasteiger partial charge on any atom is 0.445 e. The van der Waals surface area contributed by atoms with Crippen molar-refractivity contribution in [2.45, 2.75) is 160 Å². The average molecular weight is 997 g/mol. The number of allylic oxidation sites excluding steroid dienone is 1. The number of aryl methyl sites for hydroxylation is 2. The van der Waals surface area contributed by atoms with Crippen LogP contribution in [0, 0.1) is 19.8 Å². The normalized spacial score (nSPS) is 10.8. The third-order valence-electron chi connectivity index (χ3n) is 7.16. The molecule has 3 rings (SSSR count). The van der Waals surface area contributed by atoms with Crippen LogP contribution in [-0.4, -0.2) is 43.7 Å². The summed E-state index contributed by atoms with van der Waals surface area (Å²) in [7, 11) is -0.0840. The molecule has 0 spiro atoms. The highest BCUT2D eigenvalue weighted by Crippen LogP contribution is 2.51. The molecule has 0 aliphatic heterocycles. The summed E-state index contributed by atoms with van der Waals surface area (Å²) in [6.45, 7) is 23.1. The van der Waals surface area contributed by atoms with Gasteiger partial charge in [0.2, 0.25) is 5.01 Å². The maximum atomic E-state index is 12.0. The van der Waals surface area contributed by atoms with E-state index in [0.29, 0.717) is 48.9 Å². The van der Waals surface area contributed by atoms with Gasteiger partial charge in [-0.2, -0.15) is 13.2 Å². The molecule has 0 amide bonds. The summed E-state index contributed by atoms with van der Waals surface area (Å²) in [6, 6.07) is 11.5. The minimum atomic E-state index is -4.36. The van der Waals surface area contributed by atoms with Crippen LogP contribution in [0.1, 0.15) is 151 Å². The second kappa shape index (κ2) is 32.8. The molecule has 59 heavy (non-hydrogen) atoms. The molecule has 0 saturated carbocycles. The van der Waals surface area contributed by atoms with E-state index in [9.17, 15) is 21.6 Å². The SMILES string of the molecule is C.C.C.C.CC(C)c1ccccc1Cl.CC(C)c1nnc(C(F)(F)F)s1.CC(CC(C)C)=C(Cl)Cl.COP(=S)(OC)C(C)C.Cc1cc(C)c(S(=O)(=O)C(C)C)c(Cl)c1. The highest BCUT2D eigenvalue weighted by atomic mass is 35.5. The van der Waals surface area contributed by atoms with Crippen molar-refractivity contribution < 1.29 is 30.6 Å². The van der Waals surface area contributed by atoms with Crippen molar-refractivity contribution in [3.05, 3.63) is 83.2 Å². The van der Waals surface area contributed by atoms with Gasteiger partial charge in [-0.1, -0.05) is 167 Å². The minimum absolute atomic E-state index is 0. The van der Waals surface area contributed by atoms with E-state index in [1.807, 2.05) is 52.0 Å². The molecule has 0 aliphatic carbocycles. The summed E-state index contributed by atoms with van der Waals surface area (Å²) in [5, 5.41) is 6.78. The van der Waals surface area contributed by atoms with Gasteiger partial charge in [-0.05, 0) is 99.1 Å². The zero-order chi connectivity index (χ0) is 43.6. The van der Waals surface area contributed by atoms with Crippen molar-refractivity contribution >= 4 is 85.9 Å². The standard InChI is InChI=1S/C11H15ClO2S.C9H11Cl.C7H12Cl2.C6H7F3N2S.C5H13O2PS.4CH4/c1-7(2)15(13,14)11-9(4)5-8(3)6-10(11)12;1-7(2)8-5-3-4-6-9(8)10;1-5(2)4-6(3)7(8)9;1-3(2)4-10-11-5(12-4)6(7,8)9;1-5(2)8(9,6-3)7-4;;;;/h5-7H,1-4H3;3-7H,1-2H3;5H,4H2,1-3H3;3H,1-2H3;5H,1-4H3;4*1H4. The first-order chi connectivity index (χ1) is 25.0. The van der Waals surface area contributed by atoms with Crippen LogP contribution in [0.15, 0.2) is 51.4 Å².